The first-order valence-electron chi connectivity index (χ1n) is 3.08. The summed E-state index contributed by atoms with van der Waals surface area (Å²) < 4.78 is 130. The van der Waals surface area contributed by atoms with Crippen LogP contribution in [0.15, 0.2) is 0 Å². The van der Waals surface area contributed by atoms with Crippen LogP contribution >= 0.6 is 23.5 Å². The van der Waals surface area contributed by atoms with Crippen molar-refractivity contribution in [2.24, 2.45) is 0 Å². The SMILES string of the molecule is FC(F)(F)SC(F)(F)F.FC(F)(F)SC(F)(F)F. The van der Waals surface area contributed by atoms with Crippen molar-refractivity contribution in [2.75, 3.05) is 0 Å². The van der Waals surface area contributed by atoms with Crippen molar-refractivity contribution >= 4 is 23.5 Å². The lowest BCUT2D eigenvalue weighted by Crippen LogP contribution is -2.11. The summed E-state index contributed by atoms with van der Waals surface area (Å²) in [5, 5.41) is 0. The van der Waals surface area contributed by atoms with Gasteiger partial charge in [0.15, 0.2) is 0 Å². The molecule has 0 atom stereocenters. The van der Waals surface area contributed by atoms with Gasteiger partial charge in [-0.1, -0.05) is 0 Å². The Labute approximate surface area is 99.1 Å². The highest BCUT2D eigenvalue weighted by Crippen LogP contribution is 2.43. The Balaban J connectivity index is 0. The van der Waals surface area contributed by atoms with Gasteiger partial charge in [0.1, 0.15) is 0 Å². The standard InChI is InChI=1S/2C2F6S/c2*3-1(4,5)9-2(6,7)8. The summed E-state index contributed by atoms with van der Waals surface area (Å²) in [6.07, 6.45) is 0. The Morgan fingerprint density at radius 3 is 0.444 bits per heavy atom. The highest BCUT2D eigenvalue weighted by molar-refractivity contribution is 8.01. The van der Waals surface area contributed by atoms with E-state index in [9.17, 15) is 52.7 Å². The Bertz CT molecular complexity index is 178. The normalized spacial score (nSPS) is 14.0. The molecule has 0 saturated heterocycles. The fraction of sp³-hybridized carbons (Fsp3) is 1.00. The maximum atomic E-state index is 10.8. The first kappa shape index (κ1) is 20.2. The summed E-state index contributed by atoms with van der Waals surface area (Å²) in [5.74, 6) is 0. The highest BCUT2D eigenvalue weighted by atomic mass is 32.2. The van der Waals surface area contributed by atoms with E-state index in [2.05, 4.69) is 0 Å². The largest absolute Gasteiger partial charge is 0.450 e. The molecule has 0 saturated carbocycles. The van der Waals surface area contributed by atoms with Gasteiger partial charge in [-0.3, -0.25) is 0 Å². The van der Waals surface area contributed by atoms with Crippen LogP contribution in [0, 0.1) is 0 Å². The van der Waals surface area contributed by atoms with Gasteiger partial charge in [-0.15, -0.1) is 0 Å². The third-order valence-corrected chi connectivity index (χ3v) is 1.39. The fourth-order valence-corrected chi connectivity index (χ4v) is 0.787. The minimum atomic E-state index is -5.22. The maximum Gasteiger partial charge on any atom is 0.450 e. The summed E-state index contributed by atoms with van der Waals surface area (Å²) in [6, 6.07) is 0. The molecule has 0 aromatic rings. The first-order chi connectivity index (χ1) is 7.41. The summed E-state index contributed by atoms with van der Waals surface area (Å²) in [6.45, 7) is 0. The lowest BCUT2D eigenvalue weighted by atomic mass is 11.5. The van der Waals surface area contributed by atoms with Crippen molar-refractivity contribution in [3.63, 3.8) is 0 Å². The lowest BCUT2D eigenvalue weighted by molar-refractivity contribution is -0.0714. The molecule has 0 aromatic heterocycles. The smallest absolute Gasteiger partial charge is 0.160 e. The average Bonchev–Trinajstić information content (AvgIpc) is 1.64. The Morgan fingerprint density at radius 1 is 0.333 bits per heavy atom. The van der Waals surface area contributed by atoms with E-state index in [1.165, 1.54) is 0 Å². The number of hydrogen-bond donors (Lipinski definition) is 0. The molecule has 112 valence electrons. The average molecular weight is 340 g/mol. The van der Waals surface area contributed by atoms with Crippen molar-refractivity contribution in [1.29, 1.82) is 0 Å². The zero-order valence-corrected chi connectivity index (χ0v) is 8.99. The molecule has 14 heteroatoms. The fourth-order valence-electron chi connectivity index (χ4n) is 0.262. The molecule has 0 bridgehead atoms. The molecule has 0 amide bonds. The predicted molar refractivity (Wildman–Crippen MR) is 39.4 cm³/mol. The van der Waals surface area contributed by atoms with Crippen LogP contribution in [0.3, 0.4) is 0 Å². The van der Waals surface area contributed by atoms with E-state index in [0.29, 0.717) is 0 Å². The summed E-state index contributed by atoms with van der Waals surface area (Å²) >= 11 is -3.97. The van der Waals surface area contributed by atoms with Gasteiger partial charge >= 0.3 is 22.0 Å². The zero-order chi connectivity index (χ0) is 15.4. The van der Waals surface area contributed by atoms with Gasteiger partial charge in [-0.05, 0) is 0 Å². The van der Waals surface area contributed by atoms with E-state index in [4.69, 9.17) is 0 Å². The van der Waals surface area contributed by atoms with Crippen LogP contribution in [-0.2, 0) is 0 Å². The summed E-state index contributed by atoms with van der Waals surface area (Å²) in [7, 11) is 0. The van der Waals surface area contributed by atoms with Gasteiger partial charge in [-0.25, -0.2) is 0 Å². The Hall–Kier alpha value is -0.140. The van der Waals surface area contributed by atoms with Crippen molar-refractivity contribution < 1.29 is 52.7 Å². The van der Waals surface area contributed by atoms with Gasteiger partial charge in [0.25, 0.3) is 0 Å². The minimum absolute atomic E-state index is 1.99. The van der Waals surface area contributed by atoms with Crippen LogP contribution < -0.4 is 0 Å². The molecule has 0 aliphatic rings. The van der Waals surface area contributed by atoms with E-state index in [1.807, 2.05) is 0 Å². The Morgan fingerprint density at radius 2 is 0.444 bits per heavy atom. The monoisotopic (exact) mass is 340 g/mol. The number of alkyl halides is 12. The molecule has 0 N–H and O–H groups in total. The van der Waals surface area contributed by atoms with Gasteiger partial charge in [-0.2, -0.15) is 52.7 Å². The van der Waals surface area contributed by atoms with Crippen LogP contribution in [0.5, 0.6) is 0 Å². The topological polar surface area (TPSA) is 0 Å². The predicted octanol–water partition coefficient (Wildman–Crippen LogP) is 5.52. The second kappa shape index (κ2) is 6.34. The first-order valence-corrected chi connectivity index (χ1v) is 4.72. The quantitative estimate of drug-likeness (QED) is 0.533. The number of rotatable bonds is 0. The molecule has 0 unspecified atom stereocenters. The molecular formula is C4F12S2. The molecule has 0 spiro atoms. The van der Waals surface area contributed by atoms with Gasteiger partial charge in [0.05, 0.1) is 23.5 Å². The molecule has 0 aliphatic carbocycles. The second-order valence-electron chi connectivity index (χ2n) is 1.99. The van der Waals surface area contributed by atoms with E-state index in [1.54, 1.807) is 0 Å². The van der Waals surface area contributed by atoms with Gasteiger partial charge in [0, 0.05) is 0 Å². The molecular weight excluding hydrogens is 340 g/mol. The van der Waals surface area contributed by atoms with Gasteiger partial charge < -0.3 is 0 Å². The van der Waals surface area contributed by atoms with Crippen LogP contribution in [0.4, 0.5) is 52.7 Å². The number of thioether (sulfide) groups is 2. The molecule has 0 nitrogen and oxygen atoms in total. The van der Waals surface area contributed by atoms with Crippen LogP contribution in [0.1, 0.15) is 0 Å². The highest BCUT2D eigenvalue weighted by Gasteiger charge is 2.45. The van der Waals surface area contributed by atoms with Crippen LogP contribution in [-0.4, -0.2) is 22.0 Å². The summed E-state index contributed by atoms with van der Waals surface area (Å²) in [4.78, 5) is 0. The number of hydrogen-bond acceptors (Lipinski definition) is 2. The molecule has 0 aromatic carbocycles. The molecule has 0 rings (SSSR count). The molecule has 0 fully saturated rings. The third kappa shape index (κ3) is 24.9. The lowest BCUT2D eigenvalue weighted by Gasteiger charge is -2.06. The Kier molecular flexibility index (Phi) is 7.11. The summed E-state index contributed by atoms with van der Waals surface area (Å²) in [5.41, 5.74) is -20.9. The zero-order valence-electron chi connectivity index (χ0n) is 7.35. The number of halogens is 12. The second-order valence-corrected chi connectivity index (χ2v) is 4.25. The molecule has 0 aliphatic heterocycles. The third-order valence-electron chi connectivity index (χ3n) is 0.463. The molecule has 18 heavy (non-hydrogen) atoms. The maximum absolute atomic E-state index is 10.8. The molecule has 0 radical (unpaired) electrons. The van der Waals surface area contributed by atoms with E-state index >= 15 is 0 Å². The molecule has 0 heterocycles. The van der Waals surface area contributed by atoms with E-state index in [-0.39, 0.29) is 0 Å². The van der Waals surface area contributed by atoms with Crippen molar-refractivity contribution in [3.8, 4) is 0 Å². The van der Waals surface area contributed by atoms with Crippen LogP contribution in [0.25, 0.3) is 0 Å². The van der Waals surface area contributed by atoms with Crippen molar-refractivity contribution in [1.82, 2.24) is 0 Å². The van der Waals surface area contributed by atoms with Crippen molar-refractivity contribution in [2.45, 2.75) is 22.0 Å². The minimum Gasteiger partial charge on any atom is -0.160 e. The van der Waals surface area contributed by atoms with Crippen molar-refractivity contribution in [3.05, 3.63) is 0 Å². The van der Waals surface area contributed by atoms with Gasteiger partial charge in [0.2, 0.25) is 0 Å². The van der Waals surface area contributed by atoms with E-state index in [0.717, 1.165) is 0 Å². The van der Waals surface area contributed by atoms with E-state index < -0.39 is 45.6 Å². The van der Waals surface area contributed by atoms with Crippen LogP contribution in [0.2, 0.25) is 0 Å².